The Bertz CT molecular complexity index is 681. The predicted molar refractivity (Wildman–Crippen MR) is 102 cm³/mol. The van der Waals surface area contributed by atoms with Crippen molar-refractivity contribution < 1.29 is 21.5 Å². The summed E-state index contributed by atoms with van der Waals surface area (Å²) in [5.41, 5.74) is 5.93. The van der Waals surface area contributed by atoms with Crippen LogP contribution in [0.1, 0.15) is 43.2 Å². The third-order valence-corrected chi connectivity index (χ3v) is 6.22. The number of halogens is 1. The highest BCUT2D eigenvalue weighted by Crippen LogP contribution is 2.39. The third-order valence-electron chi connectivity index (χ3n) is 6.22. The van der Waals surface area contributed by atoms with Gasteiger partial charge in [-0.1, -0.05) is 66.2 Å². The molecule has 0 N–H and O–H groups in total. The van der Waals surface area contributed by atoms with Crippen molar-refractivity contribution in [3.63, 3.8) is 0 Å². The van der Waals surface area contributed by atoms with E-state index in [1.165, 1.54) is 66.4 Å². The van der Waals surface area contributed by atoms with Crippen LogP contribution in [0.25, 0.3) is 5.57 Å². The first-order valence-electron chi connectivity index (χ1n) is 9.43. The molecule has 2 saturated heterocycles. The van der Waals surface area contributed by atoms with Crippen LogP contribution in [-0.2, 0) is 0 Å². The van der Waals surface area contributed by atoms with Crippen molar-refractivity contribution in [3.05, 3.63) is 77.4 Å². The summed E-state index contributed by atoms with van der Waals surface area (Å²) < 4.78 is 1.31. The molecule has 2 unspecified atom stereocenters. The SMILES string of the molecule is C[N+]12CCCCC1CC(=C(c1ccccc1)c1ccccc1)CC2.[Br-]. The lowest BCUT2D eigenvalue weighted by atomic mass is 9.82. The fraction of sp³-hybridized carbons (Fsp3) is 0.391. The lowest BCUT2D eigenvalue weighted by Gasteiger charge is -2.48. The van der Waals surface area contributed by atoms with Crippen LogP contribution in [0.3, 0.4) is 0 Å². The van der Waals surface area contributed by atoms with Crippen molar-refractivity contribution in [2.75, 3.05) is 20.1 Å². The van der Waals surface area contributed by atoms with E-state index in [0.717, 1.165) is 6.04 Å². The summed E-state index contributed by atoms with van der Waals surface area (Å²) in [6.45, 7) is 2.69. The number of piperidine rings is 2. The zero-order chi connectivity index (χ0) is 16.4. The third kappa shape index (κ3) is 3.75. The van der Waals surface area contributed by atoms with Gasteiger partial charge in [0.15, 0.2) is 0 Å². The maximum atomic E-state index is 2.49. The molecule has 0 aromatic heterocycles. The Hall–Kier alpha value is -1.38. The Morgan fingerprint density at radius 3 is 2.04 bits per heavy atom. The average Bonchev–Trinajstić information content (AvgIpc) is 2.64. The van der Waals surface area contributed by atoms with Gasteiger partial charge in [-0.2, -0.15) is 0 Å². The minimum absolute atomic E-state index is 0. The molecule has 2 aromatic carbocycles. The van der Waals surface area contributed by atoms with Gasteiger partial charge >= 0.3 is 0 Å². The molecule has 2 atom stereocenters. The molecule has 0 bridgehead atoms. The molecule has 2 aromatic rings. The summed E-state index contributed by atoms with van der Waals surface area (Å²) in [6.07, 6.45) is 6.74. The molecule has 0 saturated carbocycles. The molecule has 132 valence electrons. The second-order valence-corrected chi connectivity index (χ2v) is 7.74. The number of hydrogen-bond acceptors (Lipinski definition) is 0. The molecule has 1 nitrogen and oxygen atoms in total. The number of benzene rings is 2. The van der Waals surface area contributed by atoms with Crippen molar-refractivity contribution in [2.45, 2.75) is 38.1 Å². The fourth-order valence-electron chi connectivity index (χ4n) is 4.75. The quantitative estimate of drug-likeness (QED) is 0.681. The minimum atomic E-state index is 0. The first-order valence-corrected chi connectivity index (χ1v) is 9.43. The molecule has 0 spiro atoms. The van der Waals surface area contributed by atoms with Crippen molar-refractivity contribution in [3.8, 4) is 0 Å². The van der Waals surface area contributed by atoms with Gasteiger partial charge in [0.05, 0.1) is 26.2 Å². The van der Waals surface area contributed by atoms with E-state index in [4.69, 9.17) is 0 Å². The molecule has 0 radical (unpaired) electrons. The number of quaternary nitrogens is 1. The summed E-state index contributed by atoms with van der Waals surface area (Å²) in [5, 5.41) is 0. The molecule has 2 heteroatoms. The van der Waals surface area contributed by atoms with Crippen LogP contribution in [0.15, 0.2) is 66.2 Å². The smallest absolute Gasteiger partial charge is 0.0926 e. The van der Waals surface area contributed by atoms with E-state index in [1.807, 2.05) is 0 Å². The van der Waals surface area contributed by atoms with E-state index in [2.05, 4.69) is 67.7 Å². The van der Waals surface area contributed by atoms with Crippen LogP contribution in [-0.4, -0.2) is 30.7 Å². The Morgan fingerprint density at radius 2 is 1.44 bits per heavy atom. The zero-order valence-electron chi connectivity index (χ0n) is 15.1. The van der Waals surface area contributed by atoms with Crippen LogP contribution in [0.4, 0.5) is 0 Å². The number of rotatable bonds is 2. The van der Waals surface area contributed by atoms with Gasteiger partial charge in [-0.25, -0.2) is 0 Å². The summed E-state index contributed by atoms with van der Waals surface area (Å²) in [7, 11) is 2.49. The minimum Gasteiger partial charge on any atom is -1.00 e. The molecule has 2 heterocycles. The first kappa shape index (κ1) is 18.4. The van der Waals surface area contributed by atoms with E-state index in [-0.39, 0.29) is 17.0 Å². The molecule has 2 fully saturated rings. The highest BCUT2D eigenvalue weighted by Gasteiger charge is 2.39. The lowest BCUT2D eigenvalue weighted by Crippen LogP contribution is -3.00. The molecule has 0 aliphatic carbocycles. The monoisotopic (exact) mass is 397 g/mol. The average molecular weight is 398 g/mol. The molecule has 2 aliphatic rings. The molecule has 0 amide bonds. The van der Waals surface area contributed by atoms with Crippen molar-refractivity contribution >= 4 is 5.57 Å². The number of nitrogens with zero attached hydrogens (tertiary/aromatic N) is 1. The largest absolute Gasteiger partial charge is 1.00 e. The number of fused-ring (bicyclic) bond motifs is 1. The molecule has 2 aliphatic heterocycles. The second kappa shape index (κ2) is 7.88. The van der Waals surface area contributed by atoms with Gasteiger partial charge in [0.25, 0.3) is 0 Å². The van der Waals surface area contributed by atoms with Gasteiger partial charge in [-0.15, -0.1) is 0 Å². The number of hydrogen-bond donors (Lipinski definition) is 0. The van der Waals surface area contributed by atoms with Crippen molar-refractivity contribution in [1.82, 2.24) is 0 Å². The maximum absolute atomic E-state index is 2.49. The van der Waals surface area contributed by atoms with Gasteiger partial charge in [-0.3, -0.25) is 0 Å². The lowest BCUT2D eigenvalue weighted by molar-refractivity contribution is -0.941. The van der Waals surface area contributed by atoms with Gasteiger partial charge in [0.2, 0.25) is 0 Å². The molecule has 25 heavy (non-hydrogen) atoms. The van der Waals surface area contributed by atoms with Crippen LogP contribution >= 0.6 is 0 Å². The normalized spacial score (nSPS) is 25.6. The van der Waals surface area contributed by atoms with Gasteiger partial charge in [0, 0.05) is 12.8 Å². The summed E-state index contributed by atoms with van der Waals surface area (Å²) in [5.74, 6) is 0. The topological polar surface area (TPSA) is 0 Å². The maximum Gasteiger partial charge on any atom is 0.0926 e. The highest BCUT2D eigenvalue weighted by molar-refractivity contribution is 5.82. The fourth-order valence-corrected chi connectivity index (χ4v) is 4.75. The van der Waals surface area contributed by atoms with Gasteiger partial charge in [-0.05, 0) is 36.0 Å². The Labute approximate surface area is 162 Å². The van der Waals surface area contributed by atoms with Crippen molar-refractivity contribution in [1.29, 1.82) is 0 Å². The van der Waals surface area contributed by atoms with E-state index in [9.17, 15) is 0 Å². The van der Waals surface area contributed by atoms with Crippen LogP contribution < -0.4 is 17.0 Å². The van der Waals surface area contributed by atoms with E-state index >= 15 is 0 Å². The van der Waals surface area contributed by atoms with Crippen LogP contribution in [0.2, 0.25) is 0 Å². The van der Waals surface area contributed by atoms with Crippen LogP contribution in [0, 0.1) is 0 Å². The summed E-state index contributed by atoms with van der Waals surface area (Å²) in [6, 6.07) is 22.8. The van der Waals surface area contributed by atoms with Crippen LogP contribution in [0.5, 0.6) is 0 Å². The summed E-state index contributed by atoms with van der Waals surface area (Å²) >= 11 is 0. The zero-order valence-corrected chi connectivity index (χ0v) is 16.7. The predicted octanol–water partition coefficient (Wildman–Crippen LogP) is 2.29. The van der Waals surface area contributed by atoms with E-state index in [0.29, 0.717) is 0 Å². The molecular formula is C23H28BrN. The Morgan fingerprint density at radius 1 is 0.840 bits per heavy atom. The molecular weight excluding hydrogens is 370 g/mol. The van der Waals surface area contributed by atoms with Gasteiger partial charge in [0.1, 0.15) is 0 Å². The standard InChI is InChI=1S/C23H28N.BrH/c1-24-16-9-8-14-22(24)18-21(15-17-24)23(19-10-4-2-5-11-19)20-12-6-3-7-13-20;/h2-7,10-13,22H,8-9,14-18H2,1H3;1H/q+1;/p-1. The van der Waals surface area contributed by atoms with E-state index in [1.54, 1.807) is 5.57 Å². The second-order valence-electron chi connectivity index (χ2n) is 7.74. The Kier molecular flexibility index (Phi) is 5.81. The van der Waals surface area contributed by atoms with E-state index < -0.39 is 0 Å². The Balaban J connectivity index is 0.00000182. The van der Waals surface area contributed by atoms with Crippen molar-refractivity contribution in [2.24, 2.45) is 0 Å². The molecule has 4 rings (SSSR count). The first-order chi connectivity index (χ1) is 11.8. The highest BCUT2D eigenvalue weighted by atomic mass is 79.9. The summed E-state index contributed by atoms with van der Waals surface area (Å²) in [4.78, 5) is 0. The van der Waals surface area contributed by atoms with Gasteiger partial charge < -0.3 is 21.5 Å².